The van der Waals surface area contributed by atoms with Crippen molar-refractivity contribution in [2.75, 3.05) is 31.1 Å². The van der Waals surface area contributed by atoms with Gasteiger partial charge in [0.1, 0.15) is 0 Å². The van der Waals surface area contributed by atoms with E-state index in [-0.39, 0.29) is 5.91 Å². The Kier molecular flexibility index (Phi) is 4.79. The van der Waals surface area contributed by atoms with E-state index in [0.29, 0.717) is 25.2 Å². The first-order chi connectivity index (χ1) is 11.2. The molecule has 1 amide bonds. The van der Waals surface area contributed by atoms with Crippen molar-refractivity contribution in [3.63, 3.8) is 0 Å². The fourth-order valence-corrected chi connectivity index (χ4v) is 2.85. The lowest BCUT2D eigenvalue weighted by atomic mass is 10.1. The third-order valence-corrected chi connectivity index (χ3v) is 4.28. The van der Waals surface area contributed by atoms with Gasteiger partial charge in [-0.2, -0.15) is 0 Å². The largest absolute Gasteiger partial charge is 0.368 e. The molecule has 2 aromatic rings. The maximum absolute atomic E-state index is 12.6. The number of hydrogen-bond donors (Lipinski definition) is 1. The number of anilines is 1. The maximum Gasteiger partial charge on any atom is 0.254 e. The molecule has 6 heteroatoms. The SMILES string of the molecule is NCc1cc(C(=O)N2CCN(c3ccc(Cl)cc3)CC2)ccn1. The number of carbonyl (C=O) groups excluding carboxylic acids is 1. The van der Waals surface area contributed by atoms with E-state index in [2.05, 4.69) is 9.88 Å². The van der Waals surface area contributed by atoms with Crippen LogP contribution in [0.15, 0.2) is 42.6 Å². The number of hydrogen-bond acceptors (Lipinski definition) is 4. The lowest BCUT2D eigenvalue weighted by molar-refractivity contribution is 0.0746. The van der Waals surface area contributed by atoms with Crippen LogP contribution in [0.1, 0.15) is 16.1 Å². The van der Waals surface area contributed by atoms with E-state index in [1.54, 1.807) is 18.3 Å². The molecule has 0 saturated carbocycles. The lowest BCUT2D eigenvalue weighted by Gasteiger charge is -2.36. The van der Waals surface area contributed by atoms with Crippen LogP contribution in [0.5, 0.6) is 0 Å². The van der Waals surface area contributed by atoms with Crippen LogP contribution < -0.4 is 10.6 Å². The van der Waals surface area contributed by atoms with Crippen LogP contribution in [0, 0.1) is 0 Å². The summed E-state index contributed by atoms with van der Waals surface area (Å²) in [6, 6.07) is 11.3. The maximum atomic E-state index is 12.6. The fourth-order valence-electron chi connectivity index (χ4n) is 2.73. The second-order valence-corrected chi connectivity index (χ2v) is 5.93. The Balaban J connectivity index is 1.64. The van der Waals surface area contributed by atoms with Crippen LogP contribution in [-0.4, -0.2) is 42.0 Å². The van der Waals surface area contributed by atoms with Gasteiger partial charge in [-0.05, 0) is 36.4 Å². The predicted molar refractivity (Wildman–Crippen MR) is 91.7 cm³/mol. The van der Waals surface area contributed by atoms with Gasteiger partial charge >= 0.3 is 0 Å². The third-order valence-electron chi connectivity index (χ3n) is 4.03. The Morgan fingerprint density at radius 2 is 1.83 bits per heavy atom. The molecule has 0 atom stereocenters. The first-order valence-electron chi connectivity index (χ1n) is 7.62. The minimum Gasteiger partial charge on any atom is -0.368 e. The molecule has 3 rings (SSSR count). The van der Waals surface area contributed by atoms with E-state index >= 15 is 0 Å². The second-order valence-electron chi connectivity index (χ2n) is 5.50. The van der Waals surface area contributed by atoms with Crippen molar-refractivity contribution in [2.24, 2.45) is 5.73 Å². The molecule has 1 saturated heterocycles. The number of halogens is 1. The number of aromatic nitrogens is 1. The quantitative estimate of drug-likeness (QED) is 0.936. The normalized spacial score (nSPS) is 14.9. The summed E-state index contributed by atoms with van der Waals surface area (Å²) in [6.07, 6.45) is 1.64. The molecular weight excluding hydrogens is 312 g/mol. The zero-order valence-corrected chi connectivity index (χ0v) is 13.5. The molecule has 2 heterocycles. The number of nitrogens with zero attached hydrogens (tertiary/aromatic N) is 3. The molecule has 1 aliphatic heterocycles. The van der Waals surface area contributed by atoms with Gasteiger partial charge in [-0.3, -0.25) is 9.78 Å². The molecule has 120 valence electrons. The molecule has 0 spiro atoms. The van der Waals surface area contributed by atoms with Gasteiger partial charge in [0.15, 0.2) is 0 Å². The van der Waals surface area contributed by atoms with Crippen LogP contribution in [0.25, 0.3) is 0 Å². The summed E-state index contributed by atoms with van der Waals surface area (Å²) in [6.45, 7) is 3.35. The Morgan fingerprint density at radius 3 is 2.48 bits per heavy atom. The molecule has 5 nitrogen and oxygen atoms in total. The highest BCUT2D eigenvalue weighted by atomic mass is 35.5. The van der Waals surface area contributed by atoms with Crippen molar-refractivity contribution in [1.29, 1.82) is 0 Å². The summed E-state index contributed by atoms with van der Waals surface area (Å²) in [7, 11) is 0. The van der Waals surface area contributed by atoms with Crippen LogP contribution >= 0.6 is 11.6 Å². The number of benzene rings is 1. The van der Waals surface area contributed by atoms with Gasteiger partial charge in [-0.1, -0.05) is 11.6 Å². The molecule has 23 heavy (non-hydrogen) atoms. The highest BCUT2D eigenvalue weighted by molar-refractivity contribution is 6.30. The summed E-state index contributed by atoms with van der Waals surface area (Å²) in [5.41, 5.74) is 8.11. The van der Waals surface area contributed by atoms with Gasteiger partial charge in [0.05, 0.1) is 5.69 Å². The summed E-state index contributed by atoms with van der Waals surface area (Å²) >= 11 is 5.92. The molecular formula is C17H19ClN4O. The van der Waals surface area contributed by atoms with Crippen LogP contribution in [0.4, 0.5) is 5.69 Å². The van der Waals surface area contributed by atoms with Gasteiger partial charge in [-0.25, -0.2) is 0 Å². The zero-order chi connectivity index (χ0) is 16.2. The molecule has 1 aliphatic rings. The highest BCUT2D eigenvalue weighted by Crippen LogP contribution is 2.20. The van der Waals surface area contributed by atoms with E-state index in [4.69, 9.17) is 17.3 Å². The zero-order valence-electron chi connectivity index (χ0n) is 12.8. The van der Waals surface area contributed by atoms with Crippen molar-refractivity contribution in [3.05, 3.63) is 58.9 Å². The molecule has 0 bridgehead atoms. The molecule has 1 aromatic carbocycles. The molecule has 0 unspecified atom stereocenters. The number of piperazine rings is 1. The van der Waals surface area contributed by atoms with Crippen molar-refractivity contribution >= 4 is 23.2 Å². The van der Waals surface area contributed by atoms with Gasteiger partial charge in [0.25, 0.3) is 5.91 Å². The van der Waals surface area contributed by atoms with E-state index < -0.39 is 0 Å². The molecule has 2 N–H and O–H groups in total. The lowest BCUT2D eigenvalue weighted by Crippen LogP contribution is -2.48. The number of amides is 1. The van der Waals surface area contributed by atoms with E-state index in [0.717, 1.165) is 29.5 Å². The van der Waals surface area contributed by atoms with Gasteiger partial charge in [-0.15, -0.1) is 0 Å². The van der Waals surface area contributed by atoms with Crippen molar-refractivity contribution < 1.29 is 4.79 Å². The standard InChI is InChI=1S/C17H19ClN4O/c18-14-1-3-16(4-2-14)21-7-9-22(10-8-21)17(23)13-5-6-20-15(11-13)12-19/h1-6,11H,7-10,12,19H2. The van der Waals surface area contributed by atoms with Gasteiger partial charge in [0, 0.05) is 55.2 Å². The third kappa shape index (κ3) is 3.63. The van der Waals surface area contributed by atoms with E-state index in [9.17, 15) is 4.79 Å². The Bertz CT molecular complexity index is 681. The Hall–Kier alpha value is -2.11. The van der Waals surface area contributed by atoms with E-state index in [1.807, 2.05) is 29.2 Å². The van der Waals surface area contributed by atoms with E-state index in [1.165, 1.54) is 0 Å². The monoisotopic (exact) mass is 330 g/mol. The first-order valence-corrected chi connectivity index (χ1v) is 8.00. The smallest absolute Gasteiger partial charge is 0.254 e. The Morgan fingerprint density at radius 1 is 1.13 bits per heavy atom. The fraction of sp³-hybridized carbons (Fsp3) is 0.294. The number of pyridine rings is 1. The summed E-state index contributed by atoms with van der Waals surface area (Å²) < 4.78 is 0. The minimum absolute atomic E-state index is 0.0397. The van der Waals surface area contributed by atoms with Crippen LogP contribution in [-0.2, 0) is 6.54 Å². The second kappa shape index (κ2) is 6.98. The number of carbonyl (C=O) groups is 1. The average molecular weight is 331 g/mol. The average Bonchev–Trinajstić information content (AvgIpc) is 2.62. The molecule has 0 radical (unpaired) electrons. The molecule has 0 aliphatic carbocycles. The number of rotatable bonds is 3. The highest BCUT2D eigenvalue weighted by Gasteiger charge is 2.22. The van der Waals surface area contributed by atoms with Crippen LogP contribution in [0.2, 0.25) is 5.02 Å². The van der Waals surface area contributed by atoms with Gasteiger partial charge < -0.3 is 15.5 Å². The van der Waals surface area contributed by atoms with Crippen molar-refractivity contribution in [3.8, 4) is 0 Å². The van der Waals surface area contributed by atoms with Crippen molar-refractivity contribution in [1.82, 2.24) is 9.88 Å². The predicted octanol–water partition coefficient (Wildman–Crippen LogP) is 2.16. The minimum atomic E-state index is 0.0397. The number of nitrogens with two attached hydrogens (primary N) is 1. The summed E-state index contributed by atoms with van der Waals surface area (Å²) in [4.78, 5) is 20.8. The van der Waals surface area contributed by atoms with Crippen molar-refractivity contribution in [2.45, 2.75) is 6.54 Å². The van der Waals surface area contributed by atoms with Gasteiger partial charge in [0.2, 0.25) is 0 Å². The van der Waals surface area contributed by atoms with Crippen LogP contribution in [0.3, 0.4) is 0 Å². The molecule has 1 aromatic heterocycles. The Labute approximate surface area is 140 Å². The topological polar surface area (TPSA) is 62.5 Å². The summed E-state index contributed by atoms with van der Waals surface area (Å²) in [5, 5.41) is 0.732. The molecule has 1 fully saturated rings. The first kappa shape index (κ1) is 15.8. The summed E-state index contributed by atoms with van der Waals surface area (Å²) in [5.74, 6) is 0.0397.